The van der Waals surface area contributed by atoms with Crippen molar-refractivity contribution in [3.8, 4) is 0 Å². The van der Waals surface area contributed by atoms with Gasteiger partial charge < -0.3 is 0 Å². The molecule has 1 aromatic carbocycles. The Balaban J connectivity index is 2.04. The van der Waals surface area contributed by atoms with Crippen molar-refractivity contribution in [2.24, 2.45) is 5.92 Å². The molecule has 0 atom stereocenters. The minimum atomic E-state index is -2.35. The molecule has 1 aliphatic rings. The molecule has 16 heavy (non-hydrogen) atoms. The number of halogens is 2. The lowest BCUT2D eigenvalue weighted by molar-refractivity contribution is 0.151. The largest absolute Gasteiger partial charge is 0.263 e. The van der Waals surface area contributed by atoms with Crippen molar-refractivity contribution in [3.63, 3.8) is 0 Å². The molecule has 1 aromatic rings. The van der Waals surface area contributed by atoms with E-state index in [4.69, 9.17) is 0 Å². The molecule has 0 spiro atoms. The van der Waals surface area contributed by atoms with Gasteiger partial charge in [0.2, 0.25) is 0 Å². The average molecular weight is 224 g/mol. The van der Waals surface area contributed by atoms with Crippen LogP contribution in [0.5, 0.6) is 0 Å². The number of benzene rings is 1. The smallest absolute Gasteiger partial charge is 0.205 e. The van der Waals surface area contributed by atoms with Gasteiger partial charge in [0.15, 0.2) is 0 Å². The molecular formula is C14H18F2. The maximum absolute atomic E-state index is 12.4. The normalized spacial score (nSPS) is 26.0. The fourth-order valence-corrected chi connectivity index (χ4v) is 2.51. The molecule has 2 rings (SSSR count). The lowest BCUT2D eigenvalue weighted by Crippen LogP contribution is -2.10. The first-order chi connectivity index (χ1) is 7.66. The Morgan fingerprint density at radius 2 is 1.56 bits per heavy atom. The van der Waals surface area contributed by atoms with Gasteiger partial charge in [-0.2, -0.15) is 0 Å². The van der Waals surface area contributed by atoms with Gasteiger partial charge in [-0.1, -0.05) is 44.0 Å². The van der Waals surface area contributed by atoms with E-state index in [1.165, 1.54) is 31.2 Å². The summed E-state index contributed by atoms with van der Waals surface area (Å²) in [6.07, 6.45) is 2.59. The molecule has 88 valence electrons. The topological polar surface area (TPSA) is 0 Å². The summed E-state index contributed by atoms with van der Waals surface area (Å²) in [6, 6.07) is 6.89. The van der Waals surface area contributed by atoms with Crippen LogP contribution in [0.25, 0.3) is 0 Å². The Labute approximate surface area is 95.7 Å². The number of hydrogen-bond acceptors (Lipinski definition) is 0. The molecule has 0 aliphatic heterocycles. The fraction of sp³-hybridized carbons (Fsp3) is 0.571. The van der Waals surface area contributed by atoms with Crippen molar-refractivity contribution in [1.82, 2.24) is 0 Å². The van der Waals surface area contributed by atoms with Gasteiger partial charge in [-0.25, -0.2) is 8.78 Å². The summed E-state index contributed by atoms with van der Waals surface area (Å²) >= 11 is 0. The highest BCUT2D eigenvalue weighted by Gasteiger charge is 2.19. The molecule has 1 fully saturated rings. The molecule has 0 N–H and O–H groups in total. The van der Waals surface area contributed by atoms with E-state index in [1.807, 2.05) is 12.1 Å². The van der Waals surface area contributed by atoms with Gasteiger partial charge in [-0.15, -0.1) is 0 Å². The molecule has 0 amide bonds. The Hall–Kier alpha value is -0.920. The summed E-state index contributed by atoms with van der Waals surface area (Å²) in [5.74, 6) is 1.42. The van der Waals surface area contributed by atoms with Gasteiger partial charge in [0, 0.05) is 5.56 Å². The maximum Gasteiger partial charge on any atom is 0.263 e. The quantitative estimate of drug-likeness (QED) is 0.669. The van der Waals surface area contributed by atoms with Gasteiger partial charge in [0.05, 0.1) is 0 Å². The molecule has 0 saturated heterocycles. The van der Waals surface area contributed by atoms with Crippen LogP contribution in [0.15, 0.2) is 24.3 Å². The minimum absolute atomic E-state index is 0.132. The molecule has 0 aromatic heterocycles. The SMILES string of the molecule is CC1CCC(c2ccc(C(F)F)cc2)CC1. The second-order valence-electron chi connectivity index (χ2n) is 4.92. The molecule has 0 bridgehead atoms. The van der Waals surface area contributed by atoms with E-state index in [0.717, 1.165) is 5.92 Å². The minimum Gasteiger partial charge on any atom is -0.205 e. The molecule has 0 nitrogen and oxygen atoms in total. The molecule has 1 aliphatic carbocycles. The van der Waals surface area contributed by atoms with Gasteiger partial charge >= 0.3 is 0 Å². The van der Waals surface area contributed by atoms with E-state index >= 15 is 0 Å². The number of alkyl halides is 2. The Morgan fingerprint density at radius 1 is 1.00 bits per heavy atom. The monoisotopic (exact) mass is 224 g/mol. The molecular weight excluding hydrogens is 206 g/mol. The first kappa shape index (κ1) is 11.6. The van der Waals surface area contributed by atoms with Crippen LogP contribution in [0.4, 0.5) is 8.78 Å². The van der Waals surface area contributed by atoms with Crippen LogP contribution in [0, 0.1) is 5.92 Å². The third-order valence-electron chi connectivity index (χ3n) is 3.68. The zero-order chi connectivity index (χ0) is 11.5. The molecule has 0 unspecified atom stereocenters. The summed E-state index contributed by atoms with van der Waals surface area (Å²) in [6.45, 7) is 2.29. The van der Waals surface area contributed by atoms with Crippen LogP contribution in [-0.4, -0.2) is 0 Å². The van der Waals surface area contributed by atoms with Crippen LogP contribution >= 0.6 is 0 Å². The van der Waals surface area contributed by atoms with Crippen molar-refractivity contribution in [2.45, 2.75) is 45.0 Å². The molecule has 2 heteroatoms. The maximum atomic E-state index is 12.4. The van der Waals surface area contributed by atoms with Crippen LogP contribution in [0.3, 0.4) is 0 Å². The van der Waals surface area contributed by atoms with E-state index in [1.54, 1.807) is 12.1 Å². The van der Waals surface area contributed by atoms with Crippen LogP contribution in [-0.2, 0) is 0 Å². The van der Waals surface area contributed by atoms with Gasteiger partial charge in [0.25, 0.3) is 6.43 Å². The third kappa shape index (κ3) is 2.60. The molecule has 0 radical (unpaired) electrons. The predicted molar refractivity (Wildman–Crippen MR) is 61.8 cm³/mol. The summed E-state index contributed by atoms with van der Waals surface area (Å²) in [5, 5.41) is 0. The van der Waals surface area contributed by atoms with E-state index in [0.29, 0.717) is 5.92 Å². The second kappa shape index (κ2) is 4.94. The van der Waals surface area contributed by atoms with E-state index in [2.05, 4.69) is 6.92 Å². The highest BCUT2D eigenvalue weighted by Crippen LogP contribution is 2.35. The second-order valence-corrected chi connectivity index (χ2v) is 4.92. The Morgan fingerprint density at radius 3 is 2.06 bits per heavy atom. The van der Waals surface area contributed by atoms with E-state index in [9.17, 15) is 8.78 Å². The van der Waals surface area contributed by atoms with E-state index < -0.39 is 6.43 Å². The Bertz CT molecular complexity index is 321. The summed E-state index contributed by atoms with van der Waals surface area (Å²) < 4.78 is 24.8. The summed E-state index contributed by atoms with van der Waals surface area (Å²) in [4.78, 5) is 0. The van der Waals surface area contributed by atoms with Gasteiger partial charge in [-0.3, -0.25) is 0 Å². The van der Waals surface area contributed by atoms with Crippen molar-refractivity contribution < 1.29 is 8.78 Å². The highest BCUT2D eigenvalue weighted by molar-refractivity contribution is 5.26. The third-order valence-corrected chi connectivity index (χ3v) is 3.68. The zero-order valence-corrected chi connectivity index (χ0v) is 9.63. The standard InChI is InChI=1S/C14H18F2/c1-10-2-4-11(5-3-10)12-6-8-13(9-7-12)14(15)16/h6-11,14H,2-5H2,1H3. The first-order valence-electron chi connectivity index (χ1n) is 6.05. The van der Waals surface area contributed by atoms with Crippen LogP contribution in [0.2, 0.25) is 0 Å². The lowest BCUT2D eigenvalue weighted by Gasteiger charge is -2.26. The summed E-state index contributed by atoms with van der Waals surface area (Å²) in [7, 11) is 0. The lowest BCUT2D eigenvalue weighted by atomic mass is 9.79. The van der Waals surface area contributed by atoms with Gasteiger partial charge in [0.1, 0.15) is 0 Å². The predicted octanol–water partition coefficient (Wildman–Crippen LogP) is 4.92. The Kier molecular flexibility index (Phi) is 3.57. The van der Waals surface area contributed by atoms with Crippen molar-refractivity contribution in [3.05, 3.63) is 35.4 Å². The van der Waals surface area contributed by atoms with Crippen molar-refractivity contribution in [1.29, 1.82) is 0 Å². The summed E-state index contributed by atoms with van der Waals surface area (Å²) in [5.41, 5.74) is 1.37. The van der Waals surface area contributed by atoms with Crippen LogP contribution < -0.4 is 0 Å². The van der Waals surface area contributed by atoms with Crippen molar-refractivity contribution in [2.75, 3.05) is 0 Å². The molecule has 0 heterocycles. The van der Waals surface area contributed by atoms with Crippen LogP contribution in [0.1, 0.15) is 56.1 Å². The highest BCUT2D eigenvalue weighted by atomic mass is 19.3. The first-order valence-corrected chi connectivity index (χ1v) is 6.05. The number of rotatable bonds is 2. The average Bonchev–Trinajstić information content (AvgIpc) is 2.30. The van der Waals surface area contributed by atoms with E-state index in [-0.39, 0.29) is 5.56 Å². The number of hydrogen-bond donors (Lipinski definition) is 0. The fourth-order valence-electron chi connectivity index (χ4n) is 2.51. The van der Waals surface area contributed by atoms with Crippen molar-refractivity contribution >= 4 is 0 Å². The zero-order valence-electron chi connectivity index (χ0n) is 9.63. The molecule has 1 saturated carbocycles. The van der Waals surface area contributed by atoms with Gasteiger partial charge in [-0.05, 0) is 30.2 Å².